The highest BCUT2D eigenvalue weighted by atomic mass is 16.5. The first-order valence-electron chi connectivity index (χ1n) is 10.4. The van der Waals surface area contributed by atoms with Crippen molar-refractivity contribution in [2.75, 3.05) is 19.7 Å². The molecule has 2 aromatic rings. The number of aromatic nitrogens is 2. The topological polar surface area (TPSA) is 81.5 Å². The summed E-state index contributed by atoms with van der Waals surface area (Å²) in [7, 11) is 1.75. The van der Waals surface area contributed by atoms with E-state index >= 15 is 0 Å². The minimum atomic E-state index is -0.444. The maximum Gasteiger partial charge on any atom is 0.355 e. The fourth-order valence-corrected chi connectivity index (χ4v) is 3.78. The number of nitrogens with zero attached hydrogens (tertiary/aromatic N) is 3. The highest BCUT2D eigenvalue weighted by Gasteiger charge is 2.35. The molecule has 1 fully saturated rings. The number of amides is 1. The predicted octanol–water partition coefficient (Wildman–Crippen LogP) is 2.88. The van der Waals surface area contributed by atoms with E-state index in [2.05, 4.69) is 4.98 Å². The SMILES string of the molecule is CCOC(=O)c1c(C)c(C(=O)CN(CCc2ccccn2)C(=O)C2CC2)c(C)n1C. The van der Waals surface area contributed by atoms with Crippen LogP contribution < -0.4 is 0 Å². The van der Waals surface area contributed by atoms with Gasteiger partial charge in [-0.3, -0.25) is 14.6 Å². The Morgan fingerprint density at radius 3 is 2.57 bits per heavy atom. The largest absolute Gasteiger partial charge is 0.461 e. The first kappa shape index (κ1) is 21.7. The van der Waals surface area contributed by atoms with Gasteiger partial charge in [-0.25, -0.2) is 4.79 Å². The number of hydrogen-bond donors (Lipinski definition) is 0. The summed E-state index contributed by atoms with van der Waals surface area (Å²) in [5.74, 6) is -0.558. The molecule has 30 heavy (non-hydrogen) atoms. The van der Waals surface area contributed by atoms with Crippen molar-refractivity contribution in [1.82, 2.24) is 14.5 Å². The average molecular weight is 412 g/mol. The van der Waals surface area contributed by atoms with Gasteiger partial charge < -0.3 is 14.2 Å². The summed E-state index contributed by atoms with van der Waals surface area (Å²) < 4.78 is 6.84. The van der Waals surface area contributed by atoms with Crippen LogP contribution in [0.4, 0.5) is 0 Å². The molecule has 0 N–H and O–H groups in total. The van der Waals surface area contributed by atoms with E-state index in [0.29, 0.717) is 35.5 Å². The van der Waals surface area contributed by atoms with Gasteiger partial charge in [0, 0.05) is 49.1 Å². The van der Waals surface area contributed by atoms with Crippen molar-refractivity contribution in [1.29, 1.82) is 0 Å². The molecule has 160 valence electrons. The Balaban J connectivity index is 1.80. The maximum absolute atomic E-state index is 13.2. The Morgan fingerprint density at radius 1 is 1.23 bits per heavy atom. The van der Waals surface area contributed by atoms with Gasteiger partial charge in [0.15, 0.2) is 5.78 Å². The molecule has 2 aromatic heterocycles. The van der Waals surface area contributed by atoms with Crippen LogP contribution in [-0.2, 0) is 23.0 Å². The van der Waals surface area contributed by atoms with E-state index in [-0.39, 0.29) is 30.8 Å². The van der Waals surface area contributed by atoms with Crippen LogP contribution in [0, 0.1) is 19.8 Å². The molecular formula is C23H29N3O4. The average Bonchev–Trinajstić information content (AvgIpc) is 3.54. The molecule has 0 aromatic carbocycles. The van der Waals surface area contributed by atoms with Crippen LogP contribution in [0.25, 0.3) is 0 Å². The Labute approximate surface area is 177 Å². The Morgan fingerprint density at radius 2 is 1.97 bits per heavy atom. The predicted molar refractivity (Wildman–Crippen MR) is 112 cm³/mol. The van der Waals surface area contributed by atoms with E-state index in [1.54, 1.807) is 36.6 Å². The van der Waals surface area contributed by atoms with Crippen molar-refractivity contribution >= 4 is 17.7 Å². The Kier molecular flexibility index (Phi) is 6.70. The number of Topliss-reactive ketones (excluding diaryl/α,β-unsaturated/α-hetero) is 1. The number of carbonyl (C=O) groups is 3. The zero-order valence-electron chi connectivity index (χ0n) is 18.1. The normalized spacial score (nSPS) is 13.2. The second-order valence-electron chi connectivity index (χ2n) is 7.74. The van der Waals surface area contributed by atoms with Gasteiger partial charge in [0.05, 0.1) is 13.2 Å². The fourth-order valence-electron chi connectivity index (χ4n) is 3.78. The number of rotatable bonds is 9. The van der Waals surface area contributed by atoms with Gasteiger partial charge in [-0.15, -0.1) is 0 Å². The van der Waals surface area contributed by atoms with Crippen LogP contribution in [0.3, 0.4) is 0 Å². The van der Waals surface area contributed by atoms with Gasteiger partial charge in [0.25, 0.3) is 0 Å². The number of esters is 1. The van der Waals surface area contributed by atoms with Gasteiger partial charge in [0.2, 0.25) is 5.91 Å². The molecule has 7 heteroatoms. The standard InChI is InChI=1S/C23H29N3O4/c1-5-30-23(29)21-15(2)20(16(3)25(21)4)19(27)14-26(22(28)17-9-10-17)13-11-18-8-6-7-12-24-18/h6-8,12,17H,5,9-11,13-14H2,1-4H3. The molecule has 2 heterocycles. The lowest BCUT2D eigenvalue weighted by molar-refractivity contribution is -0.132. The van der Waals surface area contributed by atoms with Gasteiger partial charge in [-0.2, -0.15) is 0 Å². The summed E-state index contributed by atoms with van der Waals surface area (Å²) >= 11 is 0. The zero-order valence-corrected chi connectivity index (χ0v) is 18.1. The minimum absolute atomic E-state index is 0.00384. The first-order chi connectivity index (χ1) is 14.3. The molecule has 0 saturated heterocycles. The number of carbonyl (C=O) groups excluding carboxylic acids is 3. The van der Waals surface area contributed by atoms with Crippen molar-refractivity contribution in [2.24, 2.45) is 13.0 Å². The van der Waals surface area contributed by atoms with E-state index in [0.717, 1.165) is 18.5 Å². The molecule has 0 bridgehead atoms. The van der Waals surface area contributed by atoms with Crippen molar-refractivity contribution in [2.45, 2.75) is 40.0 Å². The lowest BCUT2D eigenvalue weighted by Gasteiger charge is -2.22. The van der Waals surface area contributed by atoms with E-state index in [4.69, 9.17) is 4.74 Å². The number of hydrogen-bond acceptors (Lipinski definition) is 5. The molecule has 0 atom stereocenters. The van der Waals surface area contributed by atoms with Gasteiger partial charge in [0.1, 0.15) is 5.69 Å². The van der Waals surface area contributed by atoms with Crippen LogP contribution in [0.5, 0.6) is 0 Å². The van der Waals surface area contributed by atoms with Gasteiger partial charge in [-0.05, 0) is 51.3 Å². The molecule has 0 radical (unpaired) electrons. The summed E-state index contributed by atoms with van der Waals surface area (Å²) in [5.41, 5.74) is 3.06. The van der Waals surface area contributed by atoms with Crippen molar-refractivity contribution in [3.63, 3.8) is 0 Å². The number of pyridine rings is 1. The second kappa shape index (κ2) is 9.24. The molecule has 1 aliphatic rings. The first-order valence-corrected chi connectivity index (χ1v) is 10.4. The zero-order chi connectivity index (χ0) is 21.8. The minimum Gasteiger partial charge on any atom is -0.461 e. The Bertz CT molecular complexity index is 945. The third kappa shape index (κ3) is 4.61. The highest BCUT2D eigenvalue weighted by molar-refractivity contribution is 6.04. The smallest absolute Gasteiger partial charge is 0.355 e. The van der Waals surface area contributed by atoms with E-state index in [1.165, 1.54) is 0 Å². The Hall–Kier alpha value is -2.96. The quantitative estimate of drug-likeness (QED) is 0.468. The fraction of sp³-hybridized carbons (Fsp3) is 0.478. The third-order valence-corrected chi connectivity index (χ3v) is 5.61. The highest BCUT2D eigenvalue weighted by Crippen LogP contribution is 2.31. The van der Waals surface area contributed by atoms with Gasteiger partial charge in [-0.1, -0.05) is 6.07 Å². The van der Waals surface area contributed by atoms with Crippen molar-refractivity contribution < 1.29 is 19.1 Å². The molecular weight excluding hydrogens is 382 g/mol. The van der Waals surface area contributed by atoms with E-state index < -0.39 is 5.97 Å². The van der Waals surface area contributed by atoms with Crippen LogP contribution in [-0.4, -0.2) is 51.8 Å². The summed E-state index contributed by atoms with van der Waals surface area (Å²) in [6.07, 6.45) is 4.07. The lowest BCUT2D eigenvalue weighted by atomic mass is 10.0. The molecule has 1 saturated carbocycles. The molecule has 0 aliphatic heterocycles. The molecule has 1 aliphatic carbocycles. The lowest BCUT2D eigenvalue weighted by Crippen LogP contribution is -2.38. The summed E-state index contributed by atoms with van der Waals surface area (Å²) in [6, 6.07) is 5.68. The number of ketones is 1. The van der Waals surface area contributed by atoms with Crippen LogP contribution in [0.15, 0.2) is 24.4 Å². The number of ether oxygens (including phenoxy) is 1. The molecule has 7 nitrogen and oxygen atoms in total. The molecule has 1 amide bonds. The summed E-state index contributed by atoms with van der Waals surface area (Å²) in [4.78, 5) is 44.3. The summed E-state index contributed by atoms with van der Waals surface area (Å²) in [5, 5.41) is 0. The third-order valence-electron chi connectivity index (χ3n) is 5.61. The van der Waals surface area contributed by atoms with E-state index in [9.17, 15) is 14.4 Å². The van der Waals surface area contributed by atoms with Crippen LogP contribution in [0.2, 0.25) is 0 Å². The van der Waals surface area contributed by atoms with Crippen LogP contribution >= 0.6 is 0 Å². The summed E-state index contributed by atoms with van der Waals surface area (Å²) in [6.45, 7) is 6.02. The maximum atomic E-state index is 13.2. The second-order valence-corrected chi connectivity index (χ2v) is 7.74. The van der Waals surface area contributed by atoms with Crippen molar-refractivity contribution in [3.05, 3.63) is 52.6 Å². The monoisotopic (exact) mass is 411 g/mol. The molecule has 0 spiro atoms. The van der Waals surface area contributed by atoms with Crippen molar-refractivity contribution in [3.8, 4) is 0 Å². The molecule has 3 rings (SSSR count). The van der Waals surface area contributed by atoms with E-state index in [1.807, 2.05) is 25.1 Å². The van der Waals surface area contributed by atoms with Crippen LogP contribution in [0.1, 0.15) is 57.6 Å². The molecule has 0 unspecified atom stereocenters. The van der Waals surface area contributed by atoms with Gasteiger partial charge >= 0.3 is 5.97 Å².